The molecule has 0 atom stereocenters. The fourth-order valence-corrected chi connectivity index (χ4v) is 5.48. The Morgan fingerprint density at radius 3 is 2.53 bits per heavy atom. The Kier molecular flexibility index (Phi) is 5.17. The van der Waals surface area contributed by atoms with Crippen molar-refractivity contribution in [3.63, 3.8) is 0 Å². The maximum atomic E-state index is 7.79. The third-order valence-corrected chi connectivity index (χ3v) is 7.20. The number of hydrogen-bond acceptors (Lipinski definition) is 1. The van der Waals surface area contributed by atoms with Crippen LogP contribution >= 0.6 is 0 Å². The van der Waals surface area contributed by atoms with Crippen molar-refractivity contribution in [1.29, 1.82) is 0 Å². The molecule has 34 heavy (non-hydrogen) atoms. The average molecular weight is 450 g/mol. The molecule has 4 aromatic rings. The first-order chi connectivity index (χ1) is 16.1. The molecule has 0 saturated carbocycles. The molecule has 0 unspecified atom stereocenters. The molecule has 2 heterocycles. The number of fused-ring (bicyclic) bond motifs is 3. The van der Waals surface area contributed by atoms with Gasteiger partial charge in [0.25, 0.3) is 5.69 Å². The van der Waals surface area contributed by atoms with E-state index in [1.54, 1.807) is 0 Å². The maximum Gasteiger partial charge on any atom is 0.257 e. The lowest BCUT2D eigenvalue weighted by atomic mass is 9.85. The predicted octanol–water partition coefficient (Wildman–Crippen LogP) is 7.65. The minimum absolute atomic E-state index is 0.517. The van der Waals surface area contributed by atoms with Crippen LogP contribution in [0.2, 0.25) is 0 Å². The van der Waals surface area contributed by atoms with Gasteiger partial charge in [-0.15, -0.1) is 0 Å². The number of aryl methyl sites for hydroxylation is 2. The van der Waals surface area contributed by atoms with E-state index in [-0.39, 0.29) is 0 Å². The number of benzene rings is 3. The summed E-state index contributed by atoms with van der Waals surface area (Å²) in [7, 11) is 2.14. The quantitative estimate of drug-likeness (QED) is 0.203. The van der Waals surface area contributed by atoms with Crippen LogP contribution in [0.5, 0.6) is 11.5 Å². The first-order valence-corrected chi connectivity index (χ1v) is 12.2. The summed E-state index contributed by atoms with van der Waals surface area (Å²) < 4.78 is 9.14. The zero-order chi connectivity index (χ0) is 24.4. The van der Waals surface area contributed by atoms with Gasteiger partial charge >= 0.3 is 0 Å². The van der Waals surface area contributed by atoms with Crippen LogP contribution in [0.3, 0.4) is 0 Å². The molecule has 1 aliphatic rings. The van der Waals surface area contributed by atoms with E-state index >= 15 is 0 Å². The Balaban J connectivity index is 1.93. The maximum absolute atomic E-state index is 7.79. The summed E-state index contributed by atoms with van der Waals surface area (Å²) in [4.78, 5) is 3.94. The van der Waals surface area contributed by atoms with Crippen molar-refractivity contribution in [3.8, 4) is 22.8 Å². The van der Waals surface area contributed by atoms with Crippen molar-refractivity contribution in [1.82, 2.24) is 0 Å². The van der Waals surface area contributed by atoms with Crippen LogP contribution in [-0.4, -0.2) is 5.54 Å². The van der Waals surface area contributed by atoms with Gasteiger partial charge in [-0.3, -0.25) is 0 Å². The summed E-state index contributed by atoms with van der Waals surface area (Å²) in [6.07, 6.45) is 1.65. The molecule has 1 aromatic heterocycles. The second-order valence-electron chi connectivity index (χ2n) is 10.9. The summed E-state index contributed by atoms with van der Waals surface area (Å²) >= 11 is 0. The molecule has 0 spiro atoms. The standard InChI is InChI=1S/C31H33N2O/c1-18(2)13-21-15-22-14-19(3)20(4)27-28(22)26(16-21)34-30-24(17-31(5,6)32-7)23-11-9-10-12-25(23)33(8)29(27)30/h9-12,14-16,18H,13,17H2,1-6,8H3/q+1. The highest BCUT2D eigenvalue weighted by Gasteiger charge is 2.37. The van der Waals surface area contributed by atoms with Crippen molar-refractivity contribution in [2.24, 2.45) is 13.0 Å². The van der Waals surface area contributed by atoms with E-state index in [1.807, 2.05) is 13.8 Å². The first-order valence-electron chi connectivity index (χ1n) is 12.2. The number of aromatic nitrogens is 1. The van der Waals surface area contributed by atoms with Gasteiger partial charge in [0.2, 0.25) is 16.8 Å². The molecule has 3 aromatic carbocycles. The topological polar surface area (TPSA) is 17.5 Å². The van der Waals surface area contributed by atoms with Crippen molar-refractivity contribution in [2.75, 3.05) is 0 Å². The summed E-state index contributed by atoms with van der Waals surface area (Å²) in [6, 6.07) is 15.4. The number of nitrogens with zero attached hydrogens (tertiary/aromatic N) is 2. The van der Waals surface area contributed by atoms with Crippen LogP contribution < -0.4 is 9.30 Å². The molecule has 0 bridgehead atoms. The fraction of sp³-hybridized carbons (Fsp3) is 0.355. The zero-order valence-corrected chi connectivity index (χ0v) is 21.3. The number of para-hydroxylation sites is 1. The van der Waals surface area contributed by atoms with Gasteiger partial charge in [0.15, 0.2) is 0 Å². The molecule has 0 radical (unpaired) electrons. The first kappa shape index (κ1) is 22.4. The molecule has 0 aliphatic carbocycles. The Labute approximate surface area is 202 Å². The van der Waals surface area contributed by atoms with E-state index in [0.717, 1.165) is 40.1 Å². The summed E-state index contributed by atoms with van der Waals surface area (Å²) in [5.74, 6) is 2.42. The van der Waals surface area contributed by atoms with E-state index in [9.17, 15) is 0 Å². The normalized spacial score (nSPS) is 12.7. The molecular weight excluding hydrogens is 416 g/mol. The number of hydrogen-bond donors (Lipinski definition) is 0. The third-order valence-electron chi connectivity index (χ3n) is 7.20. The molecule has 172 valence electrons. The van der Waals surface area contributed by atoms with Gasteiger partial charge in [0.05, 0.1) is 17.4 Å². The van der Waals surface area contributed by atoms with Crippen LogP contribution in [0.25, 0.3) is 37.8 Å². The summed E-state index contributed by atoms with van der Waals surface area (Å²) in [6.45, 7) is 20.8. The van der Waals surface area contributed by atoms with Gasteiger partial charge < -0.3 is 9.58 Å². The van der Waals surface area contributed by atoms with E-state index < -0.39 is 5.54 Å². The molecule has 0 amide bonds. The van der Waals surface area contributed by atoms with E-state index in [0.29, 0.717) is 12.3 Å². The highest BCUT2D eigenvalue weighted by atomic mass is 16.5. The lowest BCUT2D eigenvalue weighted by molar-refractivity contribution is -0.633. The lowest BCUT2D eigenvalue weighted by Crippen LogP contribution is -2.35. The van der Waals surface area contributed by atoms with Gasteiger partial charge in [0, 0.05) is 30.9 Å². The number of pyridine rings is 1. The molecule has 1 aliphatic heterocycles. The highest BCUT2D eigenvalue weighted by Crippen LogP contribution is 2.50. The second-order valence-corrected chi connectivity index (χ2v) is 10.9. The molecule has 3 nitrogen and oxygen atoms in total. The lowest BCUT2D eigenvalue weighted by Gasteiger charge is -2.26. The molecule has 0 fully saturated rings. The van der Waals surface area contributed by atoms with Gasteiger partial charge in [0.1, 0.15) is 12.8 Å². The predicted molar refractivity (Wildman–Crippen MR) is 141 cm³/mol. The molecule has 3 heteroatoms. The fourth-order valence-electron chi connectivity index (χ4n) is 5.48. The average Bonchev–Trinajstić information content (AvgIpc) is 2.78. The van der Waals surface area contributed by atoms with Gasteiger partial charge in [-0.2, -0.15) is 4.57 Å². The van der Waals surface area contributed by atoms with Gasteiger partial charge in [-0.1, -0.05) is 38.1 Å². The second kappa shape index (κ2) is 7.84. The van der Waals surface area contributed by atoms with E-state index in [4.69, 9.17) is 11.3 Å². The minimum atomic E-state index is -0.517. The molecule has 5 rings (SSSR count). The number of rotatable bonds is 4. The van der Waals surface area contributed by atoms with Crippen LogP contribution in [0.1, 0.15) is 49.9 Å². The molecule has 0 saturated heterocycles. The van der Waals surface area contributed by atoms with Crippen molar-refractivity contribution in [3.05, 3.63) is 76.1 Å². The SMILES string of the molecule is [C-]#[N+]C(C)(C)Cc1c2c([n+](C)c3ccccc13)-c1c(C)c(C)cc3cc(CC(C)C)cc(c13)O2. The van der Waals surface area contributed by atoms with Crippen LogP contribution in [-0.2, 0) is 19.9 Å². The third kappa shape index (κ3) is 3.44. The van der Waals surface area contributed by atoms with Crippen LogP contribution in [0, 0.1) is 26.3 Å². The highest BCUT2D eigenvalue weighted by molar-refractivity contribution is 6.06. The minimum Gasteiger partial charge on any atom is -0.449 e. The van der Waals surface area contributed by atoms with Gasteiger partial charge in [-0.05, 0) is 60.4 Å². The summed E-state index contributed by atoms with van der Waals surface area (Å²) in [5, 5.41) is 3.60. The van der Waals surface area contributed by atoms with E-state index in [2.05, 4.69) is 86.6 Å². The van der Waals surface area contributed by atoms with Crippen molar-refractivity contribution in [2.45, 2.75) is 59.9 Å². The van der Waals surface area contributed by atoms with Gasteiger partial charge in [-0.25, -0.2) is 6.57 Å². The Morgan fingerprint density at radius 2 is 1.82 bits per heavy atom. The van der Waals surface area contributed by atoms with Crippen molar-refractivity contribution >= 4 is 21.7 Å². The summed E-state index contributed by atoms with van der Waals surface area (Å²) in [5.41, 5.74) is 8.03. The Bertz CT molecular complexity index is 1520. The zero-order valence-electron chi connectivity index (χ0n) is 21.3. The Hall–Kier alpha value is -3.38. The Morgan fingerprint density at radius 1 is 1.09 bits per heavy atom. The van der Waals surface area contributed by atoms with Crippen LogP contribution in [0.15, 0.2) is 42.5 Å². The smallest absolute Gasteiger partial charge is 0.257 e. The monoisotopic (exact) mass is 449 g/mol. The largest absolute Gasteiger partial charge is 0.449 e. The van der Waals surface area contributed by atoms with Crippen molar-refractivity contribution < 1.29 is 9.30 Å². The number of ether oxygens (including phenoxy) is 1. The van der Waals surface area contributed by atoms with E-state index in [1.165, 1.54) is 33.0 Å². The molecule has 0 N–H and O–H groups in total. The van der Waals surface area contributed by atoms with Crippen LogP contribution in [0.4, 0.5) is 0 Å². The molecular formula is C31H33N2O+.